The lowest BCUT2D eigenvalue weighted by atomic mass is 9.83. The van der Waals surface area contributed by atoms with Gasteiger partial charge in [-0.3, -0.25) is 14.4 Å². The number of aliphatic carboxylic acids is 1. The number of aromatic nitrogens is 2. The second kappa shape index (κ2) is 12.1. The van der Waals surface area contributed by atoms with Gasteiger partial charge in [-0.15, -0.1) is 11.8 Å². The first-order valence-electron chi connectivity index (χ1n) is 12.9. The van der Waals surface area contributed by atoms with Crippen LogP contribution in [0.4, 0.5) is 5.69 Å². The molecule has 11 heteroatoms. The van der Waals surface area contributed by atoms with Crippen molar-refractivity contribution in [2.24, 2.45) is 0 Å². The first-order chi connectivity index (χ1) is 20.4. The third kappa shape index (κ3) is 5.53. The molecule has 0 spiro atoms. The molecule has 1 atom stereocenters. The Balaban J connectivity index is 1.60. The number of carbonyl (C=O) groups excluding carboxylic acids is 3. The molecule has 1 aliphatic rings. The molecule has 1 aliphatic heterocycles. The summed E-state index contributed by atoms with van der Waals surface area (Å²) in [5.74, 6) is -2.18. The summed E-state index contributed by atoms with van der Waals surface area (Å²) < 4.78 is 6.90. The van der Waals surface area contributed by atoms with Crippen LogP contribution in [0.25, 0.3) is 16.9 Å². The quantitative estimate of drug-likeness (QED) is 0.155. The van der Waals surface area contributed by atoms with Gasteiger partial charge in [-0.05, 0) is 42.0 Å². The summed E-state index contributed by atoms with van der Waals surface area (Å²) in [6, 6.07) is 25.2. The Morgan fingerprint density at radius 2 is 1.79 bits per heavy atom. The SMILES string of the molecule is N#CC(C=O)(C(=O)Nc1ccccc1)c1nn(-c2ccccc2)c2c1CSc1ccc(COC(=O)CCC(=O)O)cc1-2. The number of nitrogens with zero attached hydrogens (tertiary/aromatic N) is 3. The molecule has 210 valence electrons. The zero-order chi connectivity index (χ0) is 29.7. The maximum atomic E-state index is 13.6. The maximum absolute atomic E-state index is 13.6. The van der Waals surface area contributed by atoms with Gasteiger partial charge in [0.05, 0.1) is 30.3 Å². The number of ether oxygens (including phenoxy) is 1. The van der Waals surface area contributed by atoms with E-state index < -0.39 is 23.3 Å². The van der Waals surface area contributed by atoms with Crippen molar-refractivity contribution in [3.8, 4) is 23.0 Å². The van der Waals surface area contributed by atoms with E-state index in [0.717, 1.165) is 10.5 Å². The number of nitrogens with one attached hydrogen (secondary N) is 1. The molecule has 2 N–H and O–H groups in total. The summed E-state index contributed by atoms with van der Waals surface area (Å²) in [6.45, 7) is -0.0754. The van der Waals surface area contributed by atoms with Crippen molar-refractivity contribution in [3.05, 3.63) is 95.7 Å². The summed E-state index contributed by atoms with van der Waals surface area (Å²) in [5.41, 5.74) is 1.45. The van der Waals surface area contributed by atoms with Gasteiger partial charge in [0.1, 0.15) is 12.3 Å². The highest BCUT2D eigenvalue weighted by Crippen LogP contribution is 2.46. The van der Waals surface area contributed by atoms with Crippen molar-refractivity contribution in [3.63, 3.8) is 0 Å². The topological polar surface area (TPSA) is 151 Å². The van der Waals surface area contributed by atoms with Crippen molar-refractivity contribution in [2.45, 2.75) is 35.5 Å². The fourth-order valence-corrected chi connectivity index (χ4v) is 5.66. The largest absolute Gasteiger partial charge is 0.481 e. The van der Waals surface area contributed by atoms with Gasteiger partial charge >= 0.3 is 11.9 Å². The van der Waals surface area contributed by atoms with Crippen LogP contribution in [0, 0.1) is 11.3 Å². The molecule has 2 heterocycles. The van der Waals surface area contributed by atoms with Gasteiger partial charge in [0.15, 0.2) is 6.29 Å². The molecular formula is C31H24N4O6S. The van der Waals surface area contributed by atoms with Crippen molar-refractivity contribution in [1.82, 2.24) is 9.78 Å². The molecule has 0 aliphatic carbocycles. The van der Waals surface area contributed by atoms with E-state index in [1.807, 2.05) is 54.6 Å². The number of benzene rings is 3. The van der Waals surface area contributed by atoms with Crippen molar-refractivity contribution >= 4 is 41.6 Å². The summed E-state index contributed by atoms with van der Waals surface area (Å²) in [6.07, 6.45) is -0.231. The van der Waals surface area contributed by atoms with Gasteiger partial charge in [-0.25, -0.2) is 4.68 Å². The van der Waals surface area contributed by atoms with Crippen LogP contribution in [-0.4, -0.2) is 39.0 Å². The number of esters is 1. The summed E-state index contributed by atoms with van der Waals surface area (Å²) in [5, 5.41) is 26.5. The summed E-state index contributed by atoms with van der Waals surface area (Å²) in [4.78, 5) is 49.9. The van der Waals surface area contributed by atoms with Crippen LogP contribution in [0.1, 0.15) is 29.7 Å². The van der Waals surface area contributed by atoms with Gasteiger partial charge in [0.2, 0.25) is 5.41 Å². The third-order valence-electron chi connectivity index (χ3n) is 6.71. The minimum atomic E-state index is -2.23. The number of carboxylic acids is 1. The lowest BCUT2D eigenvalue weighted by Gasteiger charge is -2.22. The van der Waals surface area contributed by atoms with Crippen LogP contribution in [0.5, 0.6) is 0 Å². The summed E-state index contributed by atoms with van der Waals surface area (Å²) in [7, 11) is 0. The zero-order valence-electron chi connectivity index (χ0n) is 22.1. The van der Waals surface area contributed by atoms with Crippen molar-refractivity contribution in [1.29, 1.82) is 5.26 Å². The third-order valence-corrected chi connectivity index (χ3v) is 7.81. The van der Waals surface area contributed by atoms with Gasteiger partial charge in [-0.2, -0.15) is 10.4 Å². The van der Waals surface area contributed by atoms with Gasteiger partial charge in [-0.1, -0.05) is 42.5 Å². The molecule has 3 aromatic carbocycles. The minimum absolute atomic E-state index is 0.0379. The predicted molar refractivity (Wildman–Crippen MR) is 154 cm³/mol. The van der Waals surface area contributed by atoms with E-state index in [0.29, 0.717) is 40.2 Å². The lowest BCUT2D eigenvalue weighted by molar-refractivity contribution is -0.148. The number of aldehydes is 1. The zero-order valence-corrected chi connectivity index (χ0v) is 23.0. The number of hydrogen-bond acceptors (Lipinski definition) is 8. The van der Waals surface area contributed by atoms with E-state index in [9.17, 15) is 24.4 Å². The van der Waals surface area contributed by atoms with Gasteiger partial charge < -0.3 is 20.0 Å². The van der Waals surface area contributed by atoms with E-state index in [1.54, 1.807) is 35.0 Å². The lowest BCUT2D eigenvalue weighted by Crippen LogP contribution is -2.42. The van der Waals surface area contributed by atoms with Crippen molar-refractivity contribution in [2.75, 3.05) is 5.32 Å². The monoisotopic (exact) mass is 580 g/mol. The van der Waals surface area contributed by atoms with E-state index >= 15 is 0 Å². The Morgan fingerprint density at radius 3 is 2.45 bits per heavy atom. The highest BCUT2D eigenvalue weighted by molar-refractivity contribution is 7.98. The number of carbonyl (C=O) groups is 4. The number of para-hydroxylation sites is 2. The van der Waals surface area contributed by atoms with E-state index in [4.69, 9.17) is 14.9 Å². The molecule has 1 aromatic heterocycles. The smallest absolute Gasteiger partial charge is 0.306 e. The normalized spacial score (nSPS) is 13.0. The molecule has 0 bridgehead atoms. The van der Waals surface area contributed by atoms with Crippen LogP contribution in [-0.2, 0) is 41.7 Å². The average Bonchev–Trinajstić information content (AvgIpc) is 3.41. The average molecular weight is 581 g/mol. The molecule has 0 saturated heterocycles. The molecule has 0 radical (unpaired) electrons. The first-order valence-corrected chi connectivity index (χ1v) is 13.9. The van der Waals surface area contributed by atoms with Gasteiger partial charge in [0, 0.05) is 27.5 Å². The molecule has 1 unspecified atom stereocenters. The molecule has 4 aromatic rings. The van der Waals surface area contributed by atoms with Crippen LogP contribution in [0.2, 0.25) is 0 Å². The number of hydrogen-bond donors (Lipinski definition) is 2. The number of nitriles is 1. The Labute approximate surface area is 244 Å². The predicted octanol–water partition coefficient (Wildman–Crippen LogP) is 4.65. The number of rotatable bonds is 10. The van der Waals surface area contributed by atoms with E-state index in [-0.39, 0.29) is 25.1 Å². The Hall–Kier alpha value is -5.21. The number of thioether (sulfide) groups is 1. The molecule has 1 amide bonds. The van der Waals surface area contributed by atoms with E-state index in [2.05, 4.69) is 5.32 Å². The number of carboxylic acid groups (broad SMARTS) is 1. The Morgan fingerprint density at radius 1 is 1.07 bits per heavy atom. The fraction of sp³-hybridized carbons (Fsp3) is 0.161. The maximum Gasteiger partial charge on any atom is 0.306 e. The molecule has 42 heavy (non-hydrogen) atoms. The second-order valence-electron chi connectivity index (χ2n) is 9.45. The van der Waals surface area contributed by atoms with Crippen LogP contribution >= 0.6 is 11.8 Å². The Bertz CT molecular complexity index is 1710. The fourth-order valence-electron chi connectivity index (χ4n) is 4.61. The standard InChI is InChI=1S/C31H24N4O6S/c32-18-31(19-36,30(40)33-21-7-3-1-4-8-21)29-24-17-42-25-12-11-20(16-41-27(39)14-13-26(37)38)15-23(25)28(24)35(34-29)22-9-5-2-6-10-22/h1-12,15,19H,13-14,16-17H2,(H,33,40)(H,37,38). The molecule has 0 saturated carbocycles. The number of anilines is 1. The van der Waals surface area contributed by atoms with Crippen LogP contribution < -0.4 is 5.32 Å². The van der Waals surface area contributed by atoms with E-state index in [1.165, 1.54) is 11.8 Å². The molecule has 0 fully saturated rings. The number of amides is 1. The van der Waals surface area contributed by atoms with Crippen LogP contribution in [0.15, 0.2) is 83.8 Å². The second-order valence-corrected chi connectivity index (χ2v) is 10.5. The summed E-state index contributed by atoms with van der Waals surface area (Å²) >= 11 is 1.47. The highest BCUT2D eigenvalue weighted by Gasteiger charge is 2.47. The number of fused-ring (bicyclic) bond motifs is 3. The van der Waals surface area contributed by atoms with Gasteiger partial charge in [0.25, 0.3) is 5.91 Å². The Kier molecular flexibility index (Phi) is 8.17. The molecular weight excluding hydrogens is 556 g/mol. The highest BCUT2D eigenvalue weighted by atomic mass is 32.2. The first kappa shape index (κ1) is 28.3. The molecule has 5 rings (SSSR count). The van der Waals surface area contributed by atoms with Crippen molar-refractivity contribution < 1.29 is 29.0 Å². The minimum Gasteiger partial charge on any atom is -0.481 e. The van der Waals surface area contributed by atoms with Crippen LogP contribution in [0.3, 0.4) is 0 Å². The molecule has 10 nitrogen and oxygen atoms in total.